The van der Waals surface area contributed by atoms with Gasteiger partial charge in [0.2, 0.25) is 10.0 Å². The van der Waals surface area contributed by atoms with Crippen molar-refractivity contribution in [3.8, 4) is 0 Å². The number of nitrogens with zero attached hydrogens (tertiary/aromatic N) is 1. The van der Waals surface area contributed by atoms with E-state index in [1.165, 1.54) is 0 Å². The Hall–Kier alpha value is -1.66. The Morgan fingerprint density at radius 2 is 2.05 bits per heavy atom. The van der Waals surface area contributed by atoms with Crippen LogP contribution in [0.2, 0.25) is 0 Å². The van der Waals surface area contributed by atoms with Gasteiger partial charge in [0, 0.05) is 24.2 Å². The lowest BCUT2D eigenvalue weighted by molar-refractivity contribution is 0.576. The summed E-state index contributed by atoms with van der Waals surface area (Å²) >= 11 is 0. The molecule has 2 N–H and O–H groups in total. The molecule has 21 heavy (non-hydrogen) atoms. The topological polar surface area (TPSA) is 71.1 Å². The molecule has 1 unspecified atom stereocenters. The quantitative estimate of drug-likeness (QED) is 0.857. The van der Waals surface area contributed by atoms with Crippen LogP contribution in [0.3, 0.4) is 0 Å². The number of sulfonamides is 1. The van der Waals surface area contributed by atoms with Crippen molar-refractivity contribution in [1.29, 1.82) is 0 Å². The summed E-state index contributed by atoms with van der Waals surface area (Å²) in [7, 11) is -3.43. The number of aromatic nitrogens is 1. The number of benzene rings is 1. The lowest BCUT2D eigenvalue weighted by Gasteiger charge is -2.16. The van der Waals surface area contributed by atoms with Crippen LogP contribution in [0.5, 0.6) is 0 Å². The maximum Gasteiger partial charge on any atom is 0.236 e. The molecule has 1 saturated carbocycles. The average Bonchev–Trinajstić information content (AvgIpc) is 3.29. The fraction of sp³-hybridized carbons (Fsp3) is 0.400. The molecule has 1 aliphatic carbocycles. The predicted octanol–water partition coefficient (Wildman–Crippen LogP) is 2.12. The summed E-state index contributed by atoms with van der Waals surface area (Å²) in [6, 6.07) is 9.74. The molecule has 0 aliphatic heterocycles. The van der Waals surface area contributed by atoms with Crippen molar-refractivity contribution in [1.82, 2.24) is 10.3 Å². The molecule has 0 radical (unpaired) electrons. The third kappa shape index (κ3) is 3.33. The highest BCUT2D eigenvalue weighted by molar-refractivity contribution is 7.93. The molecule has 1 aliphatic rings. The Bertz CT molecular complexity index is 736. The second-order valence-corrected chi connectivity index (χ2v) is 7.62. The van der Waals surface area contributed by atoms with E-state index in [1.807, 2.05) is 24.3 Å². The summed E-state index contributed by atoms with van der Waals surface area (Å²) in [5.41, 5.74) is 1.21. The molecule has 5 nitrogen and oxygen atoms in total. The van der Waals surface area contributed by atoms with Crippen molar-refractivity contribution in [2.45, 2.75) is 31.1 Å². The molecule has 1 heterocycles. The van der Waals surface area contributed by atoms with Gasteiger partial charge in [0.25, 0.3) is 0 Å². The molecule has 3 rings (SSSR count). The Labute approximate surface area is 124 Å². The van der Waals surface area contributed by atoms with Crippen molar-refractivity contribution in [3.05, 3.63) is 36.5 Å². The summed E-state index contributed by atoms with van der Waals surface area (Å²) in [4.78, 5) is 4.27. The second-order valence-electron chi connectivity index (χ2n) is 5.52. The van der Waals surface area contributed by atoms with Crippen molar-refractivity contribution >= 4 is 26.6 Å². The van der Waals surface area contributed by atoms with E-state index in [0.29, 0.717) is 23.8 Å². The van der Waals surface area contributed by atoms with Gasteiger partial charge >= 0.3 is 0 Å². The van der Waals surface area contributed by atoms with E-state index in [1.54, 1.807) is 19.2 Å². The van der Waals surface area contributed by atoms with Gasteiger partial charge in [-0.2, -0.15) is 0 Å². The zero-order valence-corrected chi connectivity index (χ0v) is 12.7. The largest absolute Gasteiger partial charge is 0.313 e. The van der Waals surface area contributed by atoms with E-state index < -0.39 is 15.3 Å². The van der Waals surface area contributed by atoms with Crippen LogP contribution >= 0.6 is 0 Å². The van der Waals surface area contributed by atoms with E-state index in [-0.39, 0.29) is 0 Å². The predicted molar refractivity (Wildman–Crippen MR) is 84.8 cm³/mol. The Morgan fingerprint density at radius 1 is 1.29 bits per heavy atom. The summed E-state index contributed by atoms with van der Waals surface area (Å²) in [5.74, 6) is 0. The first-order chi connectivity index (χ1) is 10.1. The molecule has 0 saturated heterocycles. The molecule has 2 aromatic rings. The zero-order chi connectivity index (χ0) is 14.9. The van der Waals surface area contributed by atoms with Crippen molar-refractivity contribution < 1.29 is 8.42 Å². The van der Waals surface area contributed by atoms with Crippen molar-refractivity contribution in [2.75, 3.05) is 11.3 Å². The Kier molecular flexibility index (Phi) is 3.82. The van der Waals surface area contributed by atoms with Gasteiger partial charge in [0.1, 0.15) is 0 Å². The third-order valence-electron chi connectivity index (χ3n) is 3.69. The van der Waals surface area contributed by atoms with E-state index >= 15 is 0 Å². The van der Waals surface area contributed by atoms with Gasteiger partial charge in [-0.15, -0.1) is 0 Å². The van der Waals surface area contributed by atoms with Crippen LogP contribution in [0.25, 0.3) is 10.9 Å². The van der Waals surface area contributed by atoms with Crippen LogP contribution < -0.4 is 10.0 Å². The minimum atomic E-state index is -3.43. The van der Waals surface area contributed by atoms with Crippen LogP contribution in [0, 0.1) is 0 Å². The van der Waals surface area contributed by atoms with Crippen LogP contribution in [-0.2, 0) is 10.0 Å². The van der Waals surface area contributed by atoms with Crippen LogP contribution in [0.1, 0.15) is 19.8 Å². The average molecular weight is 305 g/mol. The fourth-order valence-electron chi connectivity index (χ4n) is 2.17. The molecular formula is C15H19N3O2S. The van der Waals surface area contributed by atoms with Crippen LogP contribution in [0.15, 0.2) is 36.5 Å². The van der Waals surface area contributed by atoms with Gasteiger partial charge in [-0.1, -0.05) is 18.2 Å². The Balaban J connectivity index is 1.79. The molecule has 6 heteroatoms. The van der Waals surface area contributed by atoms with Gasteiger partial charge in [0.05, 0.1) is 16.5 Å². The number of anilines is 1. The summed E-state index contributed by atoms with van der Waals surface area (Å²) in [5, 5.41) is 3.68. The number of fused-ring (bicyclic) bond motifs is 1. The van der Waals surface area contributed by atoms with E-state index in [9.17, 15) is 8.42 Å². The first-order valence-corrected chi connectivity index (χ1v) is 8.69. The highest BCUT2D eigenvalue weighted by Crippen LogP contribution is 2.23. The van der Waals surface area contributed by atoms with Gasteiger partial charge in [-0.25, -0.2) is 8.42 Å². The van der Waals surface area contributed by atoms with E-state index in [0.717, 1.165) is 18.2 Å². The van der Waals surface area contributed by atoms with Gasteiger partial charge < -0.3 is 5.32 Å². The third-order valence-corrected chi connectivity index (χ3v) is 5.42. The van der Waals surface area contributed by atoms with E-state index in [4.69, 9.17) is 0 Å². The SMILES string of the molecule is CC(CNC1CC1)S(=O)(=O)Nc1cccc2cccnc12. The zero-order valence-electron chi connectivity index (χ0n) is 11.9. The monoisotopic (exact) mass is 305 g/mol. The summed E-state index contributed by atoms with van der Waals surface area (Å²) in [6.45, 7) is 2.19. The number of pyridine rings is 1. The molecule has 0 spiro atoms. The smallest absolute Gasteiger partial charge is 0.236 e. The first kappa shape index (κ1) is 14.3. The lowest BCUT2D eigenvalue weighted by Crippen LogP contribution is -2.35. The molecule has 0 amide bonds. The summed E-state index contributed by atoms with van der Waals surface area (Å²) < 4.78 is 27.5. The van der Waals surface area contributed by atoms with Crippen molar-refractivity contribution in [3.63, 3.8) is 0 Å². The lowest BCUT2D eigenvalue weighted by atomic mass is 10.2. The standard InChI is InChI=1S/C15H19N3O2S/c1-11(10-17-13-7-8-13)21(19,20)18-14-6-2-4-12-5-3-9-16-15(12)14/h2-6,9,11,13,17-18H,7-8,10H2,1H3. The highest BCUT2D eigenvalue weighted by atomic mass is 32.2. The molecule has 1 aromatic heterocycles. The first-order valence-electron chi connectivity index (χ1n) is 7.15. The minimum absolute atomic E-state index is 0.470. The Morgan fingerprint density at radius 3 is 2.81 bits per heavy atom. The van der Waals surface area contributed by atoms with Crippen molar-refractivity contribution in [2.24, 2.45) is 0 Å². The van der Waals surface area contributed by atoms with Gasteiger partial charge in [0.15, 0.2) is 0 Å². The molecule has 1 aromatic carbocycles. The number of para-hydroxylation sites is 1. The maximum atomic E-state index is 12.4. The number of nitrogens with one attached hydrogen (secondary N) is 2. The highest BCUT2D eigenvalue weighted by Gasteiger charge is 2.26. The van der Waals surface area contributed by atoms with Crippen LogP contribution in [-0.4, -0.2) is 31.2 Å². The minimum Gasteiger partial charge on any atom is -0.313 e. The maximum absolute atomic E-state index is 12.4. The van der Waals surface area contributed by atoms with Crippen LogP contribution in [0.4, 0.5) is 5.69 Å². The number of hydrogen-bond donors (Lipinski definition) is 2. The number of rotatable bonds is 6. The van der Waals surface area contributed by atoms with E-state index in [2.05, 4.69) is 15.0 Å². The molecule has 1 atom stereocenters. The molecule has 1 fully saturated rings. The molecule has 0 bridgehead atoms. The molecule has 112 valence electrons. The van der Waals surface area contributed by atoms with Gasteiger partial charge in [-0.05, 0) is 31.9 Å². The normalized spacial score (nSPS) is 16.8. The fourth-order valence-corrected chi connectivity index (χ4v) is 3.16. The summed E-state index contributed by atoms with van der Waals surface area (Å²) in [6.07, 6.45) is 3.96. The number of hydrogen-bond acceptors (Lipinski definition) is 4. The molecular weight excluding hydrogens is 286 g/mol. The van der Waals surface area contributed by atoms with Gasteiger partial charge in [-0.3, -0.25) is 9.71 Å². The second kappa shape index (κ2) is 5.61.